The van der Waals surface area contributed by atoms with Gasteiger partial charge >= 0.3 is 5.97 Å². The molecule has 0 fully saturated rings. The first-order valence-corrected chi connectivity index (χ1v) is 8.54. The number of fused-ring (bicyclic) bond motifs is 4. The average Bonchev–Trinajstić information content (AvgIpc) is 3.22. The molecule has 0 radical (unpaired) electrons. The lowest BCUT2D eigenvalue weighted by Gasteiger charge is -2.46. The first-order chi connectivity index (χ1) is 11.7. The maximum Gasteiger partial charge on any atom is 0.338 e. The van der Waals surface area contributed by atoms with Crippen LogP contribution in [0.4, 0.5) is 11.4 Å². The van der Waals surface area contributed by atoms with E-state index in [0.717, 1.165) is 42.7 Å². The molecular weight excluding hydrogens is 304 g/mol. The maximum absolute atomic E-state index is 11.9. The van der Waals surface area contributed by atoms with Gasteiger partial charge in [-0.15, -0.1) is 4.91 Å². The SMILES string of the molecule is O=Nc1cc2c3c(c1C(=O)O)[C@@H]1C=CC[C@@H]1CN3C[C@@H]1CC=C[C@H]21. The Morgan fingerprint density at radius 3 is 2.46 bits per heavy atom. The Kier molecular flexibility index (Phi) is 2.78. The van der Waals surface area contributed by atoms with Crippen LogP contribution in [-0.4, -0.2) is 24.2 Å². The number of hydrogen-bond acceptors (Lipinski definition) is 4. The summed E-state index contributed by atoms with van der Waals surface area (Å²) in [6.07, 6.45) is 10.7. The second-order valence-corrected chi connectivity index (χ2v) is 7.32. The van der Waals surface area contributed by atoms with Crippen molar-refractivity contribution in [3.63, 3.8) is 0 Å². The Balaban J connectivity index is 1.85. The van der Waals surface area contributed by atoms with Crippen molar-refractivity contribution in [2.45, 2.75) is 24.7 Å². The number of allylic oxidation sites excluding steroid dienone is 4. The highest BCUT2D eigenvalue weighted by Gasteiger charge is 2.45. The zero-order valence-corrected chi connectivity index (χ0v) is 13.2. The molecule has 4 atom stereocenters. The summed E-state index contributed by atoms with van der Waals surface area (Å²) in [5, 5.41) is 12.9. The molecule has 24 heavy (non-hydrogen) atoms. The second kappa shape index (κ2) is 4.79. The standard InChI is InChI=1S/C19H18N2O3/c22-19(23)17-15(20-24)7-14-12-5-1-3-10(12)8-21-9-11-4-2-6-13(11)16(17)18(14)21/h1-2,5-7,10-13H,3-4,8-9H2,(H,22,23)/t10-,11+,12-,13+/m0/s1. The molecule has 5 heteroatoms. The molecule has 0 saturated heterocycles. The number of carbonyl (C=O) groups is 1. The van der Waals surface area contributed by atoms with Gasteiger partial charge in [0.1, 0.15) is 5.69 Å². The average molecular weight is 322 g/mol. The molecule has 0 aromatic heterocycles. The van der Waals surface area contributed by atoms with Gasteiger partial charge in [-0.2, -0.15) is 0 Å². The molecule has 0 spiro atoms. The van der Waals surface area contributed by atoms with Crippen LogP contribution in [-0.2, 0) is 0 Å². The summed E-state index contributed by atoms with van der Waals surface area (Å²) in [4.78, 5) is 25.7. The van der Waals surface area contributed by atoms with E-state index in [9.17, 15) is 14.8 Å². The van der Waals surface area contributed by atoms with Crippen molar-refractivity contribution in [3.05, 3.63) is 52.0 Å². The van der Waals surface area contributed by atoms with Crippen molar-refractivity contribution in [2.24, 2.45) is 17.0 Å². The molecule has 0 saturated carbocycles. The summed E-state index contributed by atoms with van der Waals surface area (Å²) in [6.45, 7) is 1.93. The highest BCUT2D eigenvalue weighted by Crippen LogP contribution is 2.55. The van der Waals surface area contributed by atoms with Gasteiger partial charge in [0.15, 0.2) is 0 Å². The third-order valence-corrected chi connectivity index (χ3v) is 6.16. The van der Waals surface area contributed by atoms with Gasteiger partial charge in [-0.1, -0.05) is 24.3 Å². The van der Waals surface area contributed by atoms with Crippen LogP contribution in [0.3, 0.4) is 0 Å². The van der Waals surface area contributed by atoms with Gasteiger partial charge < -0.3 is 10.0 Å². The molecule has 1 aromatic rings. The summed E-state index contributed by atoms with van der Waals surface area (Å²) in [5.74, 6) is 0.236. The highest BCUT2D eigenvalue weighted by molar-refractivity contribution is 5.99. The van der Waals surface area contributed by atoms with E-state index in [0.29, 0.717) is 11.8 Å². The van der Waals surface area contributed by atoms with Crippen molar-refractivity contribution in [2.75, 3.05) is 18.0 Å². The predicted molar refractivity (Wildman–Crippen MR) is 91.0 cm³/mol. The van der Waals surface area contributed by atoms with E-state index in [2.05, 4.69) is 34.4 Å². The van der Waals surface area contributed by atoms with Gasteiger partial charge in [0.05, 0.1) is 5.56 Å². The Morgan fingerprint density at radius 2 is 1.79 bits per heavy atom. The first kappa shape index (κ1) is 14.0. The Bertz CT molecular complexity index is 824. The fourth-order valence-corrected chi connectivity index (χ4v) is 5.22. The fourth-order valence-electron chi connectivity index (χ4n) is 5.22. The van der Waals surface area contributed by atoms with E-state index in [1.54, 1.807) is 6.07 Å². The Hall–Kier alpha value is -2.43. The molecule has 1 aromatic carbocycles. The highest BCUT2D eigenvalue weighted by atomic mass is 16.4. The van der Waals surface area contributed by atoms with Crippen LogP contribution < -0.4 is 4.90 Å². The van der Waals surface area contributed by atoms with Crippen LogP contribution in [0.1, 0.15) is 46.2 Å². The van der Waals surface area contributed by atoms with Crippen LogP contribution in [0, 0.1) is 16.7 Å². The number of anilines is 1. The van der Waals surface area contributed by atoms with E-state index in [-0.39, 0.29) is 23.1 Å². The van der Waals surface area contributed by atoms with Gasteiger partial charge in [-0.3, -0.25) is 0 Å². The van der Waals surface area contributed by atoms with Crippen LogP contribution in [0.25, 0.3) is 0 Å². The number of benzene rings is 1. The molecule has 122 valence electrons. The molecule has 5 nitrogen and oxygen atoms in total. The minimum atomic E-state index is -1.05. The summed E-state index contributed by atoms with van der Waals surface area (Å²) < 4.78 is 0. The van der Waals surface area contributed by atoms with E-state index in [1.807, 2.05) is 0 Å². The number of rotatable bonds is 2. The molecule has 2 aliphatic heterocycles. The maximum atomic E-state index is 11.9. The molecule has 1 N–H and O–H groups in total. The van der Waals surface area contributed by atoms with Gasteiger partial charge in [0.25, 0.3) is 0 Å². The predicted octanol–water partition coefficient (Wildman–Crippen LogP) is 3.94. The lowest BCUT2D eigenvalue weighted by atomic mass is 9.73. The number of carboxylic acid groups (broad SMARTS) is 1. The van der Waals surface area contributed by atoms with Crippen molar-refractivity contribution >= 4 is 17.3 Å². The number of hydrogen-bond donors (Lipinski definition) is 1. The fraction of sp³-hybridized carbons (Fsp3) is 0.421. The second-order valence-electron chi connectivity index (χ2n) is 7.32. The van der Waals surface area contributed by atoms with E-state index < -0.39 is 5.97 Å². The quantitative estimate of drug-likeness (QED) is 0.661. The Labute approximate surface area is 139 Å². The van der Waals surface area contributed by atoms with Crippen molar-refractivity contribution in [1.82, 2.24) is 0 Å². The van der Waals surface area contributed by atoms with Crippen molar-refractivity contribution < 1.29 is 9.90 Å². The normalized spacial score (nSPS) is 31.6. The summed E-state index contributed by atoms with van der Waals surface area (Å²) >= 11 is 0. The summed E-state index contributed by atoms with van der Waals surface area (Å²) in [6, 6.07) is 1.73. The first-order valence-electron chi connectivity index (χ1n) is 8.54. The minimum Gasteiger partial charge on any atom is -0.478 e. The zero-order valence-electron chi connectivity index (χ0n) is 13.2. The third-order valence-electron chi connectivity index (χ3n) is 6.16. The molecule has 0 bridgehead atoms. The van der Waals surface area contributed by atoms with Crippen molar-refractivity contribution in [1.29, 1.82) is 0 Å². The third kappa shape index (κ3) is 1.67. The van der Waals surface area contributed by atoms with Crippen LogP contribution in [0.2, 0.25) is 0 Å². The van der Waals surface area contributed by atoms with Gasteiger partial charge in [-0.25, -0.2) is 4.79 Å². The van der Waals surface area contributed by atoms with E-state index in [1.165, 1.54) is 0 Å². The largest absolute Gasteiger partial charge is 0.478 e. The van der Waals surface area contributed by atoms with Gasteiger partial charge in [0, 0.05) is 30.6 Å². The van der Waals surface area contributed by atoms with E-state index in [4.69, 9.17) is 0 Å². The molecule has 4 aliphatic rings. The summed E-state index contributed by atoms with van der Waals surface area (Å²) in [7, 11) is 0. The number of nitrogens with zero attached hydrogens (tertiary/aromatic N) is 2. The van der Waals surface area contributed by atoms with Crippen LogP contribution in [0.15, 0.2) is 35.5 Å². The van der Waals surface area contributed by atoms with Crippen molar-refractivity contribution in [3.8, 4) is 0 Å². The van der Waals surface area contributed by atoms with Gasteiger partial charge in [0.2, 0.25) is 0 Å². The molecule has 0 amide bonds. The number of aromatic carboxylic acids is 1. The zero-order chi connectivity index (χ0) is 16.4. The van der Waals surface area contributed by atoms with Gasteiger partial charge in [-0.05, 0) is 47.0 Å². The lowest BCUT2D eigenvalue weighted by Crippen LogP contribution is -2.44. The lowest BCUT2D eigenvalue weighted by molar-refractivity contribution is 0.0696. The van der Waals surface area contributed by atoms with Crippen LogP contribution in [0.5, 0.6) is 0 Å². The van der Waals surface area contributed by atoms with E-state index >= 15 is 0 Å². The number of carboxylic acids is 1. The molecule has 2 aliphatic carbocycles. The summed E-state index contributed by atoms with van der Waals surface area (Å²) in [5.41, 5.74) is 3.15. The molecular formula is C19H18N2O3. The Morgan fingerprint density at radius 1 is 1.12 bits per heavy atom. The monoisotopic (exact) mass is 322 g/mol. The number of nitroso groups, excluding NO2 is 1. The topological polar surface area (TPSA) is 70.0 Å². The molecule has 0 unspecified atom stereocenters. The smallest absolute Gasteiger partial charge is 0.338 e. The molecule has 2 heterocycles. The van der Waals surface area contributed by atoms with Crippen LogP contribution >= 0.6 is 0 Å². The minimum absolute atomic E-state index is 0.0816. The molecule has 5 rings (SSSR count).